The second-order valence-electron chi connectivity index (χ2n) is 6.74. The number of carbonyl (C=O) groups is 3. The number of amides is 2. The molecule has 1 aliphatic heterocycles. The van der Waals surface area contributed by atoms with E-state index in [1.54, 1.807) is 6.20 Å². The lowest BCUT2D eigenvalue weighted by atomic mass is 10.3. The molecular weight excluding hydrogens is 423 g/mol. The number of hydrogen-bond donors (Lipinski definition) is 2. The first-order chi connectivity index (χ1) is 14.2. The second-order valence-corrected chi connectivity index (χ2v) is 7.88. The maximum absolute atomic E-state index is 12.3. The van der Waals surface area contributed by atoms with E-state index in [4.69, 9.17) is 9.90 Å². The monoisotopic (exact) mass is 441 g/mol. The number of nitrogens with one attached hydrogen (secondary N) is 1. The van der Waals surface area contributed by atoms with Crippen LogP contribution < -0.4 is 10.2 Å². The van der Waals surface area contributed by atoms with E-state index in [0.717, 1.165) is 42.1 Å². The van der Waals surface area contributed by atoms with Gasteiger partial charge in [0.2, 0.25) is 5.91 Å². The van der Waals surface area contributed by atoms with Crippen LogP contribution in [0.4, 0.5) is 18.9 Å². The minimum Gasteiger partial charge on any atom is -0.475 e. The summed E-state index contributed by atoms with van der Waals surface area (Å²) in [7, 11) is 0. The maximum atomic E-state index is 12.3. The molecule has 2 amide bonds. The molecule has 4 rings (SSSR count). The fraction of sp³-hybridized carbons (Fsp3) is 0.368. The highest BCUT2D eigenvalue weighted by atomic mass is 32.1. The molecule has 0 saturated heterocycles. The van der Waals surface area contributed by atoms with Crippen molar-refractivity contribution < 1.29 is 32.7 Å². The Hall–Kier alpha value is -2.95. The normalized spacial score (nSPS) is 15.1. The van der Waals surface area contributed by atoms with E-state index in [1.807, 2.05) is 29.2 Å². The molecule has 0 spiro atoms. The van der Waals surface area contributed by atoms with Gasteiger partial charge < -0.3 is 15.3 Å². The third-order valence-electron chi connectivity index (χ3n) is 4.46. The third kappa shape index (κ3) is 5.35. The van der Waals surface area contributed by atoms with Crippen LogP contribution in [0, 0.1) is 5.92 Å². The van der Waals surface area contributed by atoms with E-state index in [-0.39, 0.29) is 17.7 Å². The van der Waals surface area contributed by atoms with Crippen LogP contribution in [0.15, 0.2) is 30.5 Å². The Balaban J connectivity index is 0.000000318. The number of carbonyl (C=O) groups excluding carboxylic acids is 2. The Bertz CT molecular complexity index is 942. The fourth-order valence-electron chi connectivity index (χ4n) is 2.81. The summed E-state index contributed by atoms with van der Waals surface area (Å²) in [5, 5.41) is 10.0. The number of alkyl halides is 3. The molecule has 0 atom stereocenters. The fourth-order valence-corrected chi connectivity index (χ4v) is 3.88. The molecule has 11 heteroatoms. The van der Waals surface area contributed by atoms with E-state index in [0.29, 0.717) is 11.4 Å². The lowest BCUT2D eigenvalue weighted by Crippen LogP contribution is -2.30. The van der Waals surface area contributed by atoms with Crippen LogP contribution in [0.2, 0.25) is 0 Å². The molecule has 2 aromatic rings. The predicted molar refractivity (Wildman–Crippen MR) is 102 cm³/mol. The number of hydrogen-bond acceptors (Lipinski definition) is 5. The molecule has 2 aliphatic rings. The van der Waals surface area contributed by atoms with E-state index in [1.165, 1.54) is 11.3 Å². The third-order valence-corrected chi connectivity index (χ3v) is 5.64. The molecule has 1 saturated carbocycles. The minimum absolute atomic E-state index is 0.103. The van der Waals surface area contributed by atoms with E-state index in [9.17, 15) is 22.8 Å². The standard InChI is InChI=1S/C17H17N3O2S.C2HF3O2/c21-16(19-10-12-3-1-2-7-18-12)15-9-13-14(23-15)6-8-20(13)17(22)11-4-5-11;3-2(4,5)1(6)7/h1-3,7,9,11H,4-6,8,10H2,(H,19,21);(H,6,7). The number of halogens is 3. The second kappa shape index (κ2) is 8.82. The van der Waals surface area contributed by atoms with Gasteiger partial charge >= 0.3 is 12.1 Å². The largest absolute Gasteiger partial charge is 0.490 e. The van der Waals surface area contributed by atoms with Crippen LogP contribution in [0.25, 0.3) is 0 Å². The lowest BCUT2D eigenvalue weighted by molar-refractivity contribution is -0.192. The highest BCUT2D eigenvalue weighted by Crippen LogP contribution is 2.40. The van der Waals surface area contributed by atoms with Crippen molar-refractivity contribution in [3.8, 4) is 0 Å². The predicted octanol–water partition coefficient (Wildman–Crippen LogP) is 3.01. The molecule has 0 bridgehead atoms. The van der Waals surface area contributed by atoms with Gasteiger partial charge in [-0.3, -0.25) is 14.6 Å². The van der Waals surface area contributed by atoms with Crippen LogP contribution in [-0.4, -0.2) is 40.6 Å². The van der Waals surface area contributed by atoms with Crippen molar-refractivity contribution in [1.82, 2.24) is 10.3 Å². The molecule has 2 N–H and O–H groups in total. The molecule has 160 valence electrons. The maximum Gasteiger partial charge on any atom is 0.490 e. The van der Waals surface area contributed by atoms with Crippen molar-refractivity contribution in [2.75, 3.05) is 11.4 Å². The quantitative estimate of drug-likeness (QED) is 0.760. The molecule has 0 aromatic carbocycles. The summed E-state index contributed by atoms with van der Waals surface area (Å²) in [6, 6.07) is 7.49. The number of anilines is 1. The smallest absolute Gasteiger partial charge is 0.475 e. The zero-order chi connectivity index (χ0) is 21.9. The zero-order valence-electron chi connectivity index (χ0n) is 15.6. The first kappa shape index (κ1) is 21.8. The summed E-state index contributed by atoms with van der Waals surface area (Å²) >= 11 is 1.49. The molecule has 1 fully saturated rings. The van der Waals surface area contributed by atoms with Gasteiger partial charge in [-0.2, -0.15) is 13.2 Å². The van der Waals surface area contributed by atoms with E-state index in [2.05, 4.69) is 10.3 Å². The minimum atomic E-state index is -5.08. The van der Waals surface area contributed by atoms with Crippen molar-refractivity contribution in [1.29, 1.82) is 0 Å². The summed E-state index contributed by atoms with van der Waals surface area (Å²) in [6.07, 6.45) is -0.507. The van der Waals surface area contributed by atoms with Gasteiger partial charge in [-0.1, -0.05) is 6.07 Å². The molecule has 3 heterocycles. The van der Waals surface area contributed by atoms with Crippen molar-refractivity contribution in [3.63, 3.8) is 0 Å². The summed E-state index contributed by atoms with van der Waals surface area (Å²) in [6.45, 7) is 1.17. The van der Waals surface area contributed by atoms with Crippen LogP contribution in [0.5, 0.6) is 0 Å². The Labute approximate surface area is 173 Å². The number of aliphatic carboxylic acids is 1. The topological polar surface area (TPSA) is 99.6 Å². The van der Waals surface area contributed by atoms with Crippen molar-refractivity contribution >= 4 is 34.8 Å². The molecule has 1 aliphatic carbocycles. The van der Waals surface area contributed by atoms with Crippen LogP contribution in [0.1, 0.15) is 33.1 Å². The van der Waals surface area contributed by atoms with Crippen molar-refractivity contribution in [2.24, 2.45) is 5.92 Å². The number of rotatable bonds is 4. The van der Waals surface area contributed by atoms with E-state index >= 15 is 0 Å². The Morgan fingerprint density at radius 2 is 1.97 bits per heavy atom. The van der Waals surface area contributed by atoms with E-state index < -0.39 is 12.1 Å². The van der Waals surface area contributed by atoms with Gasteiger partial charge in [0.15, 0.2) is 0 Å². The van der Waals surface area contributed by atoms with Crippen LogP contribution >= 0.6 is 11.3 Å². The first-order valence-corrected chi connectivity index (χ1v) is 9.90. The van der Waals surface area contributed by atoms with Gasteiger partial charge in [0, 0.05) is 30.0 Å². The molecule has 2 aromatic heterocycles. The SMILES string of the molecule is O=C(NCc1ccccn1)c1cc2c(s1)CCN2C(=O)C1CC1.O=C(O)C(F)(F)F. The lowest BCUT2D eigenvalue weighted by Gasteiger charge is -2.15. The number of aromatic nitrogens is 1. The Morgan fingerprint density at radius 3 is 2.53 bits per heavy atom. The zero-order valence-corrected chi connectivity index (χ0v) is 16.4. The number of thiophene rings is 1. The van der Waals surface area contributed by atoms with Gasteiger partial charge in [0.05, 0.1) is 22.8 Å². The summed E-state index contributed by atoms with van der Waals surface area (Å²) in [4.78, 5) is 41.4. The average Bonchev–Trinajstić information content (AvgIpc) is 3.35. The van der Waals surface area contributed by atoms with Crippen LogP contribution in [0.3, 0.4) is 0 Å². The average molecular weight is 441 g/mol. The van der Waals surface area contributed by atoms with Gasteiger partial charge in [0.1, 0.15) is 0 Å². The summed E-state index contributed by atoms with van der Waals surface area (Å²) in [5.74, 6) is -2.43. The number of carboxylic acids is 1. The van der Waals surface area contributed by atoms with Crippen molar-refractivity contribution in [3.05, 3.63) is 45.9 Å². The number of pyridine rings is 1. The Morgan fingerprint density at radius 1 is 1.27 bits per heavy atom. The van der Waals surface area contributed by atoms with Crippen molar-refractivity contribution in [2.45, 2.75) is 32.0 Å². The van der Waals surface area contributed by atoms with Gasteiger partial charge in [-0.25, -0.2) is 4.79 Å². The summed E-state index contributed by atoms with van der Waals surface area (Å²) < 4.78 is 31.7. The van der Waals surface area contributed by atoms with Gasteiger partial charge in [0.25, 0.3) is 5.91 Å². The van der Waals surface area contributed by atoms with Gasteiger partial charge in [-0.15, -0.1) is 11.3 Å². The molecule has 0 radical (unpaired) electrons. The molecule has 0 unspecified atom stereocenters. The molecular formula is C19H18F3N3O4S. The van der Waals surface area contributed by atoms with Crippen LogP contribution in [-0.2, 0) is 22.6 Å². The Kier molecular flexibility index (Phi) is 6.40. The highest BCUT2D eigenvalue weighted by molar-refractivity contribution is 7.14. The molecule has 7 nitrogen and oxygen atoms in total. The summed E-state index contributed by atoms with van der Waals surface area (Å²) in [5.41, 5.74) is 1.77. The number of nitrogens with zero attached hydrogens (tertiary/aromatic N) is 2. The first-order valence-electron chi connectivity index (χ1n) is 9.09. The molecule has 30 heavy (non-hydrogen) atoms. The highest BCUT2D eigenvalue weighted by Gasteiger charge is 2.38. The number of fused-ring (bicyclic) bond motifs is 1. The van der Waals surface area contributed by atoms with Gasteiger partial charge in [-0.05, 0) is 31.0 Å². The number of carboxylic acid groups (broad SMARTS) is 1.